The minimum absolute atomic E-state index is 0.0319. The molecule has 4 aromatic carbocycles. The number of ether oxygens (including phenoxy) is 1. The van der Waals surface area contributed by atoms with Crippen LogP contribution in [0.15, 0.2) is 103 Å². The van der Waals surface area contributed by atoms with Gasteiger partial charge in [0.25, 0.3) is 17.7 Å². The standard InChI is InChI=1S/C37H38N4O6/c1-26-13-15-27(16-14-26)31(24-35(43)44)39-36(45)29-17-18-33(32(23-29)38-34(42)25-47-30-11-6-3-7-12-30)40-19-8-20-41(22-21-40)37(46)28-9-4-2-5-10-28/h2-7,9-18,23,31H,8,19-22,24-25H2,1H3,(H,38,42)(H,39,45)(H,43,44). The highest BCUT2D eigenvalue weighted by atomic mass is 16.5. The topological polar surface area (TPSA) is 128 Å². The van der Waals surface area contributed by atoms with Crippen LogP contribution in [0.4, 0.5) is 11.4 Å². The quantitative estimate of drug-likeness (QED) is 0.204. The second-order valence-electron chi connectivity index (χ2n) is 11.4. The van der Waals surface area contributed by atoms with Gasteiger partial charge >= 0.3 is 5.97 Å². The average Bonchev–Trinajstić information content (AvgIpc) is 3.34. The van der Waals surface area contributed by atoms with Gasteiger partial charge in [0.1, 0.15) is 5.75 Å². The summed E-state index contributed by atoms with van der Waals surface area (Å²) in [7, 11) is 0. The van der Waals surface area contributed by atoms with Gasteiger partial charge in [-0.25, -0.2) is 0 Å². The monoisotopic (exact) mass is 634 g/mol. The lowest BCUT2D eigenvalue weighted by molar-refractivity contribution is -0.137. The minimum Gasteiger partial charge on any atom is -0.484 e. The van der Waals surface area contributed by atoms with E-state index in [0.717, 1.165) is 5.56 Å². The van der Waals surface area contributed by atoms with E-state index in [1.807, 2.05) is 60.4 Å². The van der Waals surface area contributed by atoms with Crippen molar-refractivity contribution in [3.05, 3.63) is 125 Å². The van der Waals surface area contributed by atoms with E-state index in [4.69, 9.17) is 4.74 Å². The van der Waals surface area contributed by atoms with E-state index in [2.05, 4.69) is 15.5 Å². The molecule has 242 valence electrons. The summed E-state index contributed by atoms with van der Waals surface area (Å²) in [6, 6.07) is 29.8. The molecule has 1 aliphatic rings. The van der Waals surface area contributed by atoms with Gasteiger partial charge in [0.05, 0.1) is 23.8 Å². The first-order valence-electron chi connectivity index (χ1n) is 15.6. The Labute approximate surface area is 274 Å². The first-order valence-corrected chi connectivity index (χ1v) is 15.6. The third-order valence-corrected chi connectivity index (χ3v) is 7.95. The van der Waals surface area contributed by atoms with Crippen molar-refractivity contribution in [2.24, 2.45) is 0 Å². The highest BCUT2D eigenvalue weighted by Gasteiger charge is 2.24. The molecule has 1 fully saturated rings. The average molecular weight is 635 g/mol. The Morgan fingerprint density at radius 1 is 0.809 bits per heavy atom. The normalized spacial score (nSPS) is 13.6. The zero-order valence-electron chi connectivity index (χ0n) is 26.2. The Kier molecular flexibility index (Phi) is 10.9. The lowest BCUT2D eigenvalue weighted by Crippen LogP contribution is -2.35. The lowest BCUT2D eigenvalue weighted by atomic mass is 10.0. The number of rotatable bonds is 11. The summed E-state index contributed by atoms with van der Waals surface area (Å²) in [5.74, 6) is -1.41. The molecule has 47 heavy (non-hydrogen) atoms. The number of benzene rings is 4. The molecule has 10 nitrogen and oxygen atoms in total. The van der Waals surface area contributed by atoms with Crippen LogP contribution in [0.2, 0.25) is 0 Å². The number of amides is 3. The van der Waals surface area contributed by atoms with Gasteiger partial charge in [-0.1, -0.05) is 66.2 Å². The summed E-state index contributed by atoms with van der Waals surface area (Å²) in [5.41, 5.74) is 3.69. The van der Waals surface area contributed by atoms with E-state index in [0.29, 0.717) is 60.9 Å². The van der Waals surface area contributed by atoms with Crippen LogP contribution in [0.5, 0.6) is 5.75 Å². The summed E-state index contributed by atoms with van der Waals surface area (Å²) in [4.78, 5) is 55.4. The van der Waals surface area contributed by atoms with Crippen molar-refractivity contribution >= 4 is 35.1 Å². The van der Waals surface area contributed by atoms with Crippen molar-refractivity contribution in [2.75, 3.05) is 43.0 Å². The molecule has 3 amide bonds. The van der Waals surface area contributed by atoms with Crippen molar-refractivity contribution in [1.82, 2.24) is 10.2 Å². The summed E-state index contributed by atoms with van der Waals surface area (Å²) >= 11 is 0. The smallest absolute Gasteiger partial charge is 0.305 e. The molecule has 1 aliphatic heterocycles. The van der Waals surface area contributed by atoms with Crippen LogP contribution in [0.1, 0.15) is 50.7 Å². The van der Waals surface area contributed by atoms with Crippen molar-refractivity contribution in [1.29, 1.82) is 0 Å². The molecular formula is C37H38N4O6. The number of para-hydroxylation sites is 1. The number of aryl methyl sites for hydroxylation is 1. The van der Waals surface area contributed by atoms with Crippen LogP contribution < -0.4 is 20.3 Å². The van der Waals surface area contributed by atoms with Crippen molar-refractivity contribution < 1.29 is 29.0 Å². The minimum atomic E-state index is -1.04. The Morgan fingerprint density at radius 2 is 1.51 bits per heavy atom. The fourth-order valence-electron chi connectivity index (χ4n) is 5.50. The van der Waals surface area contributed by atoms with E-state index in [1.54, 1.807) is 54.6 Å². The van der Waals surface area contributed by atoms with Crippen molar-refractivity contribution in [3.63, 3.8) is 0 Å². The first kappa shape index (κ1) is 32.7. The second kappa shape index (κ2) is 15.6. The molecule has 0 saturated carbocycles. The zero-order valence-corrected chi connectivity index (χ0v) is 26.2. The van der Waals surface area contributed by atoms with E-state index in [-0.39, 0.29) is 24.5 Å². The Morgan fingerprint density at radius 3 is 2.21 bits per heavy atom. The van der Waals surface area contributed by atoms with E-state index in [1.165, 1.54) is 0 Å². The molecule has 0 bridgehead atoms. The maximum atomic E-state index is 13.5. The molecule has 1 atom stereocenters. The predicted octanol–water partition coefficient (Wildman–Crippen LogP) is 5.31. The Bertz CT molecular complexity index is 1700. The number of aliphatic carboxylic acids is 1. The molecule has 0 aromatic heterocycles. The van der Waals surface area contributed by atoms with Gasteiger partial charge in [-0.3, -0.25) is 19.2 Å². The molecule has 3 N–H and O–H groups in total. The zero-order chi connectivity index (χ0) is 33.2. The molecule has 5 rings (SSSR count). The number of carboxylic acids is 1. The molecule has 10 heteroatoms. The van der Waals surface area contributed by atoms with Gasteiger partial charge in [0.2, 0.25) is 0 Å². The SMILES string of the molecule is Cc1ccc(C(CC(=O)O)NC(=O)c2ccc(N3CCCN(C(=O)c4ccccc4)CC3)c(NC(=O)COc3ccccc3)c2)cc1. The fraction of sp³-hybridized carbons (Fsp3) is 0.243. The fourth-order valence-corrected chi connectivity index (χ4v) is 5.50. The highest BCUT2D eigenvalue weighted by Crippen LogP contribution is 2.29. The number of hydrogen-bond acceptors (Lipinski definition) is 6. The van der Waals surface area contributed by atoms with Crippen LogP contribution in [-0.2, 0) is 9.59 Å². The van der Waals surface area contributed by atoms with Gasteiger partial charge in [0.15, 0.2) is 6.61 Å². The number of carbonyl (C=O) groups excluding carboxylic acids is 3. The van der Waals surface area contributed by atoms with Gasteiger partial charge < -0.3 is 30.3 Å². The van der Waals surface area contributed by atoms with Crippen LogP contribution in [0.25, 0.3) is 0 Å². The summed E-state index contributed by atoms with van der Waals surface area (Å²) in [5, 5.41) is 15.3. The Hall–Kier alpha value is -5.64. The maximum absolute atomic E-state index is 13.5. The summed E-state index contributed by atoms with van der Waals surface area (Å²) < 4.78 is 5.65. The first-order chi connectivity index (χ1) is 22.8. The van der Waals surface area contributed by atoms with Gasteiger partial charge in [-0.05, 0) is 61.4 Å². The number of carboxylic acid groups (broad SMARTS) is 1. The van der Waals surface area contributed by atoms with Crippen LogP contribution in [0, 0.1) is 6.92 Å². The predicted molar refractivity (Wildman–Crippen MR) is 180 cm³/mol. The molecule has 1 heterocycles. The third kappa shape index (κ3) is 8.97. The number of anilines is 2. The van der Waals surface area contributed by atoms with Gasteiger partial charge in [-0.15, -0.1) is 0 Å². The van der Waals surface area contributed by atoms with Gasteiger partial charge in [-0.2, -0.15) is 0 Å². The molecular weight excluding hydrogens is 596 g/mol. The maximum Gasteiger partial charge on any atom is 0.305 e. The largest absolute Gasteiger partial charge is 0.484 e. The van der Waals surface area contributed by atoms with Crippen LogP contribution in [-0.4, -0.2) is 66.5 Å². The second-order valence-corrected chi connectivity index (χ2v) is 11.4. The number of nitrogens with one attached hydrogen (secondary N) is 2. The number of carbonyl (C=O) groups is 4. The number of nitrogens with zero attached hydrogens (tertiary/aromatic N) is 2. The number of hydrogen-bond donors (Lipinski definition) is 3. The van der Waals surface area contributed by atoms with Crippen molar-refractivity contribution in [2.45, 2.75) is 25.8 Å². The van der Waals surface area contributed by atoms with E-state index in [9.17, 15) is 24.3 Å². The summed E-state index contributed by atoms with van der Waals surface area (Å²) in [6.45, 7) is 3.89. The van der Waals surface area contributed by atoms with Crippen molar-refractivity contribution in [3.8, 4) is 5.75 Å². The molecule has 4 aromatic rings. The van der Waals surface area contributed by atoms with Crippen LogP contribution >= 0.6 is 0 Å². The van der Waals surface area contributed by atoms with Crippen LogP contribution in [0.3, 0.4) is 0 Å². The van der Waals surface area contributed by atoms with E-state index >= 15 is 0 Å². The lowest BCUT2D eigenvalue weighted by Gasteiger charge is -2.27. The highest BCUT2D eigenvalue weighted by molar-refractivity contribution is 6.00. The molecule has 0 aliphatic carbocycles. The third-order valence-electron chi connectivity index (χ3n) is 7.95. The molecule has 0 radical (unpaired) electrons. The van der Waals surface area contributed by atoms with Gasteiger partial charge in [0, 0.05) is 37.3 Å². The summed E-state index contributed by atoms with van der Waals surface area (Å²) in [6.07, 6.45) is 0.415. The molecule has 1 saturated heterocycles. The molecule has 1 unspecified atom stereocenters. The molecule has 0 spiro atoms. The Balaban J connectivity index is 1.37. The van der Waals surface area contributed by atoms with E-state index < -0.39 is 23.8 Å².